The predicted molar refractivity (Wildman–Crippen MR) is 119 cm³/mol. The van der Waals surface area contributed by atoms with Crippen LogP contribution < -0.4 is 10.1 Å². The summed E-state index contributed by atoms with van der Waals surface area (Å²) in [5, 5.41) is 7.60. The fourth-order valence-corrected chi connectivity index (χ4v) is 4.05. The highest BCUT2D eigenvalue weighted by molar-refractivity contribution is 5.93. The molecule has 0 spiro atoms. The van der Waals surface area contributed by atoms with E-state index in [0.717, 1.165) is 34.7 Å². The second-order valence-corrected chi connectivity index (χ2v) is 7.83. The number of nitrogens with one attached hydrogen (secondary N) is 1. The van der Waals surface area contributed by atoms with Crippen LogP contribution in [0.25, 0.3) is 0 Å². The fourth-order valence-electron chi connectivity index (χ4n) is 4.05. The third-order valence-electron chi connectivity index (χ3n) is 5.76. The molecule has 0 saturated heterocycles. The summed E-state index contributed by atoms with van der Waals surface area (Å²) in [5.41, 5.74) is 4.70. The molecule has 0 atom stereocenters. The molecule has 32 heavy (non-hydrogen) atoms. The monoisotopic (exact) mass is 433 g/mol. The zero-order valence-electron chi connectivity index (χ0n) is 18.4. The first-order valence-electron chi connectivity index (χ1n) is 10.7. The molecule has 4 rings (SSSR count). The molecule has 0 radical (unpaired) electrons. The minimum Gasteiger partial charge on any atom is -0.497 e. The van der Waals surface area contributed by atoms with Gasteiger partial charge < -0.3 is 15.0 Å². The van der Waals surface area contributed by atoms with Gasteiger partial charge in [-0.2, -0.15) is 5.10 Å². The van der Waals surface area contributed by atoms with Crippen LogP contribution in [0.3, 0.4) is 0 Å². The molecule has 8 heteroatoms. The third kappa shape index (κ3) is 4.80. The van der Waals surface area contributed by atoms with Crippen LogP contribution in [-0.2, 0) is 37.6 Å². The van der Waals surface area contributed by atoms with Crippen LogP contribution in [0.4, 0.5) is 0 Å². The van der Waals surface area contributed by atoms with Gasteiger partial charge in [-0.25, -0.2) is 0 Å². The van der Waals surface area contributed by atoms with Crippen LogP contribution in [0.15, 0.2) is 48.8 Å². The van der Waals surface area contributed by atoms with E-state index in [1.165, 1.54) is 0 Å². The highest BCUT2D eigenvalue weighted by atomic mass is 16.5. The standard InChI is InChI=1S/C24H27N5O3/c1-28-22-9-13-29(23(30)15-17-4-3-5-19(14-17)32-2)16-20(22)21(27-28)8-12-26-24(31)18-6-10-25-11-7-18/h3-7,10-11,14H,8-9,12-13,15-16H2,1-2H3,(H,26,31). The number of rotatable bonds is 7. The molecule has 8 nitrogen and oxygen atoms in total. The Bertz CT molecular complexity index is 1110. The van der Waals surface area contributed by atoms with Gasteiger partial charge >= 0.3 is 0 Å². The van der Waals surface area contributed by atoms with Crippen molar-refractivity contribution in [1.82, 2.24) is 25.0 Å². The zero-order valence-corrected chi connectivity index (χ0v) is 18.4. The number of hydrogen-bond acceptors (Lipinski definition) is 5. The Labute approximate surface area is 187 Å². The lowest BCUT2D eigenvalue weighted by Crippen LogP contribution is -2.37. The Balaban J connectivity index is 1.39. The van der Waals surface area contributed by atoms with Crippen molar-refractivity contribution in [1.29, 1.82) is 0 Å². The summed E-state index contributed by atoms with van der Waals surface area (Å²) in [6.07, 6.45) is 4.91. The number of methoxy groups -OCH3 is 1. The maximum absolute atomic E-state index is 13.0. The number of amides is 2. The Morgan fingerprint density at radius 2 is 2.00 bits per heavy atom. The Kier molecular flexibility index (Phi) is 6.49. The molecule has 0 aliphatic carbocycles. The fraction of sp³-hybridized carbons (Fsp3) is 0.333. The minimum atomic E-state index is -0.132. The molecule has 1 aliphatic rings. The predicted octanol–water partition coefficient (Wildman–Crippen LogP) is 1.92. The number of pyridine rings is 1. The second kappa shape index (κ2) is 9.64. The van der Waals surface area contributed by atoms with E-state index in [0.29, 0.717) is 38.0 Å². The molecular formula is C24H27N5O3. The average molecular weight is 434 g/mol. The van der Waals surface area contributed by atoms with E-state index in [2.05, 4.69) is 15.4 Å². The van der Waals surface area contributed by atoms with E-state index in [9.17, 15) is 9.59 Å². The van der Waals surface area contributed by atoms with Crippen molar-refractivity contribution in [2.45, 2.75) is 25.8 Å². The summed E-state index contributed by atoms with van der Waals surface area (Å²) < 4.78 is 7.16. The number of ether oxygens (including phenoxy) is 1. The van der Waals surface area contributed by atoms with E-state index in [1.807, 2.05) is 40.9 Å². The summed E-state index contributed by atoms with van der Waals surface area (Å²) in [6.45, 7) is 1.69. The lowest BCUT2D eigenvalue weighted by Gasteiger charge is -2.28. The Hall–Kier alpha value is -3.68. The van der Waals surface area contributed by atoms with Crippen molar-refractivity contribution in [3.63, 3.8) is 0 Å². The number of aromatic nitrogens is 3. The molecule has 0 fully saturated rings. The number of aryl methyl sites for hydroxylation is 1. The van der Waals surface area contributed by atoms with Gasteiger partial charge in [0, 0.05) is 68.7 Å². The van der Waals surface area contributed by atoms with Gasteiger partial charge in [0.2, 0.25) is 5.91 Å². The van der Waals surface area contributed by atoms with E-state index < -0.39 is 0 Å². The first-order chi connectivity index (χ1) is 15.5. The highest BCUT2D eigenvalue weighted by Gasteiger charge is 2.26. The van der Waals surface area contributed by atoms with Crippen molar-refractivity contribution < 1.29 is 14.3 Å². The molecule has 2 amide bonds. The topological polar surface area (TPSA) is 89.3 Å². The average Bonchev–Trinajstić information content (AvgIpc) is 3.14. The van der Waals surface area contributed by atoms with Gasteiger partial charge in [0.1, 0.15) is 5.75 Å². The largest absolute Gasteiger partial charge is 0.497 e. The molecule has 1 aliphatic heterocycles. The lowest BCUT2D eigenvalue weighted by atomic mass is 10.0. The van der Waals surface area contributed by atoms with Crippen molar-refractivity contribution in [3.05, 3.63) is 76.9 Å². The normalized spacial score (nSPS) is 12.9. The molecule has 0 saturated carbocycles. The first kappa shape index (κ1) is 21.5. The van der Waals surface area contributed by atoms with Gasteiger partial charge in [-0.1, -0.05) is 12.1 Å². The molecule has 0 unspecified atom stereocenters. The van der Waals surface area contributed by atoms with Crippen LogP contribution >= 0.6 is 0 Å². The van der Waals surface area contributed by atoms with Gasteiger partial charge in [0.15, 0.2) is 0 Å². The summed E-state index contributed by atoms with van der Waals surface area (Å²) in [6, 6.07) is 11.0. The summed E-state index contributed by atoms with van der Waals surface area (Å²) >= 11 is 0. The third-order valence-corrected chi connectivity index (χ3v) is 5.76. The zero-order chi connectivity index (χ0) is 22.5. The molecule has 2 aromatic heterocycles. The molecule has 3 heterocycles. The van der Waals surface area contributed by atoms with E-state index in [1.54, 1.807) is 31.6 Å². The second-order valence-electron chi connectivity index (χ2n) is 7.83. The van der Waals surface area contributed by atoms with E-state index in [-0.39, 0.29) is 11.8 Å². The van der Waals surface area contributed by atoms with Crippen LogP contribution in [0, 0.1) is 0 Å². The van der Waals surface area contributed by atoms with Gasteiger partial charge in [0.25, 0.3) is 5.91 Å². The number of nitrogens with zero attached hydrogens (tertiary/aromatic N) is 4. The van der Waals surface area contributed by atoms with E-state index in [4.69, 9.17) is 4.74 Å². The molecular weight excluding hydrogens is 406 g/mol. The smallest absolute Gasteiger partial charge is 0.251 e. The van der Waals surface area contributed by atoms with Crippen molar-refractivity contribution in [2.24, 2.45) is 7.05 Å². The number of carbonyl (C=O) groups excluding carboxylic acids is 2. The van der Waals surface area contributed by atoms with Gasteiger partial charge in [-0.3, -0.25) is 19.3 Å². The molecule has 0 bridgehead atoms. The van der Waals surface area contributed by atoms with Crippen LogP contribution in [-0.4, -0.2) is 51.7 Å². The summed E-state index contributed by atoms with van der Waals surface area (Å²) in [7, 11) is 3.56. The van der Waals surface area contributed by atoms with Gasteiger partial charge in [-0.05, 0) is 29.8 Å². The first-order valence-corrected chi connectivity index (χ1v) is 10.7. The van der Waals surface area contributed by atoms with Gasteiger partial charge in [-0.15, -0.1) is 0 Å². The van der Waals surface area contributed by atoms with Gasteiger partial charge in [0.05, 0.1) is 19.2 Å². The number of carbonyl (C=O) groups is 2. The summed E-state index contributed by atoms with van der Waals surface area (Å²) in [4.78, 5) is 31.0. The van der Waals surface area contributed by atoms with E-state index >= 15 is 0 Å². The number of fused-ring (bicyclic) bond motifs is 1. The summed E-state index contributed by atoms with van der Waals surface area (Å²) in [5.74, 6) is 0.705. The maximum Gasteiger partial charge on any atom is 0.251 e. The van der Waals surface area contributed by atoms with Crippen LogP contribution in [0.2, 0.25) is 0 Å². The molecule has 1 N–H and O–H groups in total. The highest BCUT2D eigenvalue weighted by Crippen LogP contribution is 2.23. The molecule has 3 aromatic rings. The number of benzene rings is 1. The number of hydrogen-bond donors (Lipinski definition) is 1. The Morgan fingerprint density at radius 1 is 1.19 bits per heavy atom. The van der Waals surface area contributed by atoms with Crippen LogP contribution in [0.1, 0.15) is 32.9 Å². The quantitative estimate of drug-likeness (QED) is 0.615. The van der Waals surface area contributed by atoms with Crippen molar-refractivity contribution in [2.75, 3.05) is 20.2 Å². The molecule has 1 aromatic carbocycles. The maximum atomic E-state index is 13.0. The Morgan fingerprint density at radius 3 is 2.78 bits per heavy atom. The molecule has 166 valence electrons. The minimum absolute atomic E-state index is 0.0877. The van der Waals surface area contributed by atoms with Crippen molar-refractivity contribution >= 4 is 11.8 Å². The van der Waals surface area contributed by atoms with Crippen molar-refractivity contribution in [3.8, 4) is 5.75 Å². The van der Waals surface area contributed by atoms with Crippen LogP contribution in [0.5, 0.6) is 5.75 Å². The lowest BCUT2D eigenvalue weighted by molar-refractivity contribution is -0.131. The SMILES string of the molecule is COc1cccc(CC(=O)N2CCc3c(c(CCNC(=O)c4ccncc4)nn3C)C2)c1.